The third-order valence-corrected chi connectivity index (χ3v) is 3.28. The van der Waals surface area contributed by atoms with E-state index < -0.39 is 4.92 Å². The van der Waals surface area contributed by atoms with Crippen molar-refractivity contribution in [1.82, 2.24) is 5.32 Å². The molecule has 0 aliphatic rings. The van der Waals surface area contributed by atoms with Crippen LogP contribution in [-0.4, -0.2) is 23.9 Å². The number of nitrogens with zero attached hydrogens (tertiary/aromatic N) is 1. The van der Waals surface area contributed by atoms with Gasteiger partial charge in [0, 0.05) is 24.7 Å². The van der Waals surface area contributed by atoms with E-state index in [0.717, 1.165) is 12.8 Å². The molecular formula is C15H23N3O3. The molecule has 1 atom stereocenters. The van der Waals surface area contributed by atoms with Crippen LogP contribution in [0.1, 0.15) is 44.0 Å². The van der Waals surface area contributed by atoms with E-state index in [2.05, 4.69) is 24.5 Å². The van der Waals surface area contributed by atoms with Gasteiger partial charge in [0.05, 0.1) is 4.92 Å². The first-order chi connectivity index (χ1) is 9.85. The number of benzene rings is 1. The van der Waals surface area contributed by atoms with E-state index in [9.17, 15) is 14.9 Å². The molecule has 0 saturated carbocycles. The molecular weight excluding hydrogens is 270 g/mol. The zero-order valence-electron chi connectivity index (χ0n) is 13.0. The van der Waals surface area contributed by atoms with Crippen molar-refractivity contribution >= 4 is 17.3 Å². The lowest BCUT2D eigenvalue weighted by Gasteiger charge is -2.15. The average Bonchev–Trinajstić information content (AvgIpc) is 2.44. The Hall–Kier alpha value is -2.11. The minimum absolute atomic E-state index is 0.0444. The summed E-state index contributed by atoms with van der Waals surface area (Å²) >= 11 is 0. The van der Waals surface area contributed by atoms with E-state index in [1.165, 1.54) is 6.07 Å². The zero-order chi connectivity index (χ0) is 16.0. The monoisotopic (exact) mass is 293 g/mol. The maximum Gasteiger partial charge on any atom is 0.293 e. The number of nitro benzene ring substituents is 1. The summed E-state index contributed by atoms with van der Waals surface area (Å²) in [5.41, 5.74) is 0.599. The smallest absolute Gasteiger partial charge is 0.293 e. The number of rotatable bonds is 7. The van der Waals surface area contributed by atoms with Crippen molar-refractivity contribution in [1.29, 1.82) is 0 Å². The van der Waals surface area contributed by atoms with Crippen molar-refractivity contribution in [2.45, 2.75) is 39.7 Å². The highest BCUT2D eigenvalue weighted by Crippen LogP contribution is 2.25. The summed E-state index contributed by atoms with van der Waals surface area (Å²) in [5, 5.41) is 16.6. The lowest BCUT2D eigenvalue weighted by molar-refractivity contribution is -0.384. The summed E-state index contributed by atoms with van der Waals surface area (Å²) in [5.74, 6) is 0.303. The molecule has 2 N–H and O–H groups in total. The summed E-state index contributed by atoms with van der Waals surface area (Å²) in [6.07, 6.45) is 1.92. The van der Waals surface area contributed by atoms with Gasteiger partial charge in [0.25, 0.3) is 11.6 Å². The van der Waals surface area contributed by atoms with Crippen molar-refractivity contribution in [2.24, 2.45) is 5.92 Å². The van der Waals surface area contributed by atoms with Crippen LogP contribution in [0, 0.1) is 16.0 Å². The summed E-state index contributed by atoms with van der Waals surface area (Å²) < 4.78 is 0. The molecule has 0 bridgehead atoms. The molecule has 21 heavy (non-hydrogen) atoms. The van der Waals surface area contributed by atoms with Gasteiger partial charge in [-0.25, -0.2) is 0 Å². The Morgan fingerprint density at radius 1 is 1.29 bits per heavy atom. The minimum Gasteiger partial charge on any atom is -0.383 e. The zero-order valence-corrected chi connectivity index (χ0v) is 13.0. The fourth-order valence-electron chi connectivity index (χ4n) is 2.00. The van der Waals surface area contributed by atoms with Crippen molar-refractivity contribution in [3.63, 3.8) is 0 Å². The summed E-state index contributed by atoms with van der Waals surface area (Å²) in [7, 11) is 1.61. The highest BCUT2D eigenvalue weighted by molar-refractivity contribution is 5.95. The number of hydrogen-bond donors (Lipinski definition) is 2. The summed E-state index contributed by atoms with van der Waals surface area (Å²) in [6.45, 7) is 6.21. The van der Waals surface area contributed by atoms with Crippen molar-refractivity contribution in [3.8, 4) is 0 Å². The number of anilines is 1. The second-order valence-electron chi connectivity index (χ2n) is 5.58. The van der Waals surface area contributed by atoms with E-state index in [1.807, 2.05) is 6.92 Å². The maximum absolute atomic E-state index is 12.1. The highest BCUT2D eigenvalue weighted by Gasteiger charge is 2.17. The Morgan fingerprint density at radius 3 is 2.48 bits per heavy atom. The van der Waals surface area contributed by atoms with Gasteiger partial charge in [-0.05, 0) is 37.8 Å². The number of carbonyl (C=O) groups is 1. The van der Waals surface area contributed by atoms with Gasteiger partial charge < -0.3 is 10.6 Å². The number of nitro groups is 1. The second kappa shape index (κ2) is 7.61. The Kier molecular flexibility index (Phi) is 6.14. The Labute approximate surface area is 125 Å². The standard InChI is InChI=1S/C15H23N3O3/c1-10(2)5-6-11(3)17-15(19)12-7-8-13(16-4)14(9-12)18(20)21/h7-11,16H,5-6H2,1-4H3,(H,17,19). The molecule has 1 amide bonds. The first-order valence-electron chi connectivity index (χ1n) is 7.12. The van der Waals surface area contributed by atoms with Crippen LogP contribution in [0.4, 0.5) is 11.4 Å². The van der Waals surface area contributed by atoms with Crippen LogP contribution >= 0.6 is 0 Å². The molecule has 0 spiro atoms. The first-order valence-corrected chi connectivity index (χ1v) is 7.12. The molecule has 0 radical (unpaired) electrons. The molecule has 1 aromatic carbocycles. The number of hydrogen-bond acceptors (Lipinski definition) is 4. The van der Waals surface area contributed by atoms with Crippen LogP contribution in [0.2, 0.25) is 0 Å². The third kappa shape index (κ3) is 5.06. The first kappa shape index (κ1) is 16.9. The molecule has 1 rings (SSSR count). The van der Waals surface area contributed by atoms with E-state index >= 15 is 0 Å². The van der Waals surface area contributed by atoms with Crippen molar-refractivity contribution < 1.29 is 9.72 Å². The van der Waals surface area contributed by atoms with Crippen LogP contribution in [0.25, 0.3) is 0 Å². The average molecular weight is 293 g/mol. The molecule has 0 aliphatic heterocycles. The molecule has 116 valence electrons. The van der Waals surface area contributed by atoms with Gasteiger partial charge in [0.15, 0.2) is 0 Å². The predicted molar refractivity (Wildman–Crippen MR) is 83.6 cm³/mol. The van der Waals surface area contributed by atoms with Gasteiger partial charge in [0.2, 0.25) is 0 Å². The topological polar surface area (TPSA) is 84.3 Å². The SMILES string of the molecule is CNc1ccc(C(=O)NC(C)CCC(C)C)cc1[N+](=O)[O-]. The predicted octanol–water partition coefficient (Wildman–Crippen LogP) is 3.19. The molecule has 0 aliphatic carbocycles. The number of nitrogens with one attached hydrogen (secondary N) is 2. The molecule has 6 nitrogen and oxygen atoms in total. The molecule has 0 aromatic heterocycles. The van der Waals surface area contributed by atoms with E-state index in [0.29, 0.717) is 17.2 Å². The van der Waals surface area contributed by atoms with E-state index in [1.54, 1.807) is 19.2 Å². The Bertz CT molecular complexity index is 515. The summed E-state index contributed by atoms with van der Waals surface area (Å²) in [4.78, 5) is 22.6. The largest absolute Gasteiger partial charge is 0.383 e. The van der Waals surface area contributed by atoms with Crippen LogP contribution in [0.3, 0.4) is 0 Å². The lowest BCUT2D eigenvalue weighted by atomic mass is 10.0. The quantitative estimate of drug-likeness (QED) is 0.597. The van der Waals surface area contributed by atoms with E-state index in [-0.39, 0.29) is 17.6 Å². The van der Waals surface area contributed by atoms with Crippen molar-refractivity contribution in [2.75, 3.05) is 12.4 Å². The number of carbonyl (C=O) groups excluding carboxylic acids is 1. The van der Waals surface area contributed by atoms with Crippen LogP contribution in [0.5, 0.6) is 0 Å². The molecule has 0 saturated heterocycles. The highest BCUT2D eigenvalue weighted by atomic mass is 16.6. The van der Waals surface area contributed by atoms with Gasteiger partial charge >= 0.3 is 0 Å². The molecule has 0 heterocycles. The maximum atomic E-state index is 12.1. The van der Waals surface area contributed by atoms with Gasteiger partial charge in [-0.1, -0.05) is 13.8 Å². The third-order valence-electron chi connectivity index (χ3n) is 3.28. The molecule has 1 unspecified atom stereocenters. The van der Waals surface area contributed by atoms with Crippen LogP contribution < -0.4 is 10.6 Å². The van der Waals surface area contributed by atoms with Gasteiger partial charge in [-0.15, -0.1) is 0 Å². The van der Waals surface area contributed by atoms with Gasteiger partial charge in [-0.3, -0.25) is 14.9 Å². The minimum atomic E-state index is -0.495. The normalized spacial score (nSPS) is 12.0. The van der Waals surface area contributed by atoms with Gasteiger partial charge in [0.1, 0.15) is 5.69 Å². The number of amides is 1. The van der Waals surface area contributed by atoms with Gasteiger partial charge in [-0.2, -0.15) is 0 Å². The fraction of sp³-hybridized carbons (Fsp3) is 0.533. The Morgan fingerprint density at radius 2 is 1.95 bits per heavy atom. The van der Waals surface area contributed by atoms with E-state index in [4.69, 9.17) is 0 Å². The molecule has 6 heteroatoms. The summed E-state index contributed by atoms with van der Waals surface area (Å²) in [6, 6.07) is 4.48. The Balaban J connectivity index is 2.78. The lowest BCUT2D eigenvalue weighted by Crippen LogP contribution is -2.32. The fourth-order valence-corrected chi connectivity index (χ4v) is 2.00. The second-order valence-corrected chi connectivity index (χ2v) is 5.58. The van der Waals surface area contributed by atoms with Crippen LogP contribution in [0.15, 0.2) is 18.2 Å². The van der Waals surface area contributed by atoms with Crippen molar-refractivity contribution in [3.05, 3.63) is 33.9 Å². The molecule has 1 aromatic rings. The molecule has 0 fully saturated rings. The van der Waals surface area contributed by atoms with Crippen LogP contribution in [-0.2, 0) is 0 Å².